The number of carbonyl (C=O) groups is 3. The highest BCUT2D eigenvalue weighted by Crippen LogP contribution is 2.11. The monoisotopic (exact) mass is 477 g/mol. The van der Waals surface area contributed by atoms with Crippen LogP contribution >= 0.6 is 0 Å². The summed E-state index contributed by atoms with van der Waals surface area (Å²) in [5.74, 6) is 0. The van der Waals surface area contributed by atoms with E-state index in [0.29, 0.717) is 29.9 Å². The first-order chi connectivity index (χ1) is 17.1. The molecule has 0 unspecified atom stereocenters. The van der Waals surface area contributed by atoms with Crippen LogP contribution in [0.25, 0.3) is 0 Å². The lowest BCUT2D eigenvalue weighted by atomic mass is 10.2. The van der Waals surface area contributed by atoms with E-state index in [0.717, 1.165) is 0 Å². The average Bonchev–Trinajstić information content (AvgIpc) is 2.87. The molecule has 35 heavy (non-hydrogen) atoms. The molecule has 0 aliphatic carbocycles. The molecule has 182 valence electrons. The molecule has 0 fully saturated rings. The van der Waals surface area contributed by atoms with E-state index in [9.17, 15) is 14.4 Å². The van der Waals surface area contributed by atoms with Crippen molar-refractivity contribution in [3.05, 3.63) is 91.0 Å². The van der Waals surface area contributed by atoms with E-state index in [-0.39, 0.29) is 13.2 Å². The molecule has 3 N–H and O–H groups in total. The highest BCUT2D eigenvalue weighted by molar-refractivity contribution is 5.85. The number of nitrogens with one attached hydrogen (secondary N) is 3. The van der Waals surface area contributed by atoms with Crippen LogP contribution in [0.15, 0.2) is 91.0 Å². The van der Waals surface area contributed by atoms with Gasteiger partial charge in [0.05, 0.1) is 6.61 Å². The van der Waals surface area contributed by atoms with Gasteiger partial charge in [0.1, 0.15) is 12.7 Å². The molecule has 1 atom stereocenters. The summed E-state index contributed by atoms with van der Waals surface area (Å²) in [4.78, 5) is 36.4. The summed E-state index contributed by atoms with van der Waals surface area (Å²) in [5.41, 5.74) is 1.77. The summed E-state index contributed by atoms with van der Waals surface area (Å²) in [6, 6.07) is 26.6. The van der Waals surface area contributed by atoms with Crippen LogP contribution < -0.4 is 16.0 Å². The normalized spacial score (nSPS) is 11.0. The third-order valence-corrected chi connectivity index (χ3v) is 4.64. The fourth-order valence-corrected chi connectivity index (χ4v) is 2.99. The van der Waals surface area contributed by atoms with Crippen LogP contribution in [-0.4, -0.2) is 37.6 Å². The Bertz CT molecular complexity index is 1060. The van der Waals surface area contributed by atoms with Crippen molar-refractivity contribution in [3.63, 3.8) is 0 Å². The summed E-state index contributed by atoms with van der Waals surface area (Å²) < 4.78 is 15.9. The first-order valence-corrected chi connectivity index (χ1v) is 11.1. The SMILES string of the molecule is O=C(Nc1ccccc1)OCCC[C@H](COC(=O)Nc1ccccc1)OC(=O)Nc1ccccc1. The molecule has 0 aliphatic heterocycles. The van der Waals surface area contributed by atoms with Crippen LogP contribution in [0.4, 0.5) is 31.4 Å². The van der Waals surface area contributed by atoms with Gasteiger partial charge in [-0.2, -0.15) is 0 Å². The molecule has 0 aliphatic rings. The summed E-state index contributed by atoms with van der Waals surface area (Å²) in [7, 11) is 0. The van der Waals surface area contributed by atoms with Crippen LogP contribution in [0.2, 0.25) is 0 Å². The Kier molecular flexibility index (Phi) is 9.96. The van der Waals surface area contributed by atoms with E-state index in [2.05, 4.69) is 16.0 Å². The van der Waals surface area contributed by atoms with E-state index < -0.39 is 24.4 Å². The van der Waals surface area contributed by atoms with E-state index >= 15 is 0 Å². The van der Waals surface area contributed by atoms with Gasteiger partial charge in [-0.3, -0.25) is 16.0 Å². The smallest absolute Gasteiger partial charge is 0.412 e. The Morgan fingerprint density at radius 2 is 1.03 bits per heavy atom. The zero-order chi connectivity index (χ0) is 24.7. The van der Waals surface area contributed by atoms with Crippen molar-refractivity contribution < 1.29 is 28.6 Å². The number of ether oxygens (including phenoxy) is 3. The van der Waals surface area contributed by atoms with Gasteiger partial charge in [0.25, 0.3) is 0 Å². The number of anilines is 3. The number of carbonyl (C=O) groups excluding carboxylic acids is 3. The van der Waals surface area contributed by atoms with Crippen LogP contribution in [0.1, 0.15) is 12.8 Å². The molecule has 0 aromatic heterocycles. The van der Waals surface area contributed by atoms with Crippen molar-refractivity contribution in [2.24, 2.45) is 0 Å². The summed E-state index contributed by atoms with van der Waals surface area (Å²) in [5, 5.41) is 7.84. The second-order valence-corrected chi connectivity index (χ2v) is 7.38. The fourth-order valence-electron chi connectivity index (χ4n) is 2.99. The first-order valence-electron chi connectivity index (χ1n) is 11.1. The molecule has 0 bridgehead atoms. The Balaban J connectivity index is 1.46. The summed E-state index contributed by atoms with van der Waals surface area (Å²) in [6.45, 7) is -0.0773. The number of benzene rings is 3. The highest BCUT2D eigenvalue weighted by Gasteiger charge is 2.18. The van der Waals surface area contributed by atoms with Crippen molar-refractivity contribution in [3.8, 4) is 0 Å². The predicted molar refractivity (Wildman–Crippen MR) is 132 cm³/mol. The van der Waals surface area contributed by atoms with Crippen molar-refractivity contribution in [2.75, 3.05) is 29.2 Å². The third-order valence-electron chi connectivity index (χ3n) is 4.64. The molecule has 3 aromatic rings. The minimum Gasteiger partial charge on any atom is -0.449 e. The van der Waals surface area contributed by atoms with E-state index in [4.69, 9.17) is 14.2 Å². The topological polar surface area (TPSA) is 115 Å². The van der Waals surface area contributed by atoms with Gasteiger partial charge in [-0.05, 0) is 49.2 Å². The standard InChI is InChI=1S/C26H27N3O6/c30-24(27-20-11-4-1-5-12-20)33-18-10-17-23(35-26(32)29-22-15-8-3-9-16-22)19-34-25(31)28-21-13-6-2-7-14-21/h1-9,11-16,23H,10,17-19H2,(H,27,30)(H,28,31)(H,29,32)/t23-/m1/s1. The van der Waals surface area contributed by atoms with Crippen molar-refractivity contribution >= 4 is 35.3 Å². The third kappa shape index (κ3) is 9.87. The Morgan fingerprint density at radius 1 is 0.600 bits per heavy atom. The lowest BCUT2D eigenvalue weighted by molar-refractivity contribution is 0.0467. The number of rotatable bonds is 10. The van der Waals surface area contributed by atoms with E-state index in [1.807, 2.05) is 18.2 Å². The minimum atomic E-state index is -0.749. The van der Waals surface area contributed by atoms with Crippen LogP contribution in [0.5, 0.6) is 0 Å². The maximum atomic E-state index is 12.3. The zero-order valence-electron chi connectivity index (χ0n) is 19.0. The lowest BCUT2D eigenvalue weighted by Crippen LogP contribution is -2.29. The highest BCUT2D eigenvalue weighted by atomic mass is 16.6. The minimum absolute atomic E-state index is 0.0923. The molecule has 0 spiro atoms. The first kappa shape index (κ1) is 25.1. The quantitative estimate of drug-likeness (QED) is 0.248. The molecule has 9 nitrogen and oxygen atoms in total. The Labute approximate surface area is 203 Å². The van der Waals surface area contributed by atoms with Gasteiger partial charge in [0.15, 0.2) is 0 Å². The molecule has 0 radical (unpaired) electrons. The van der Waals surface area contributed by atoms with Gasteiger partial charge in [-0.25, -0.2) is 14.4 Å². The number of para-hydroxylation sites is 3. The van der Waals surface area contributed by atoms with Gasteiger partial charge >= 0.3 is 18.3 Å². The predicted octanol–water partition coefficient (Wildman–Crippen LogP) is 5.88. The van der Waals surface area contributed by atoms with Gasteiger partial charge in [0, 0.05) is 17.1 Å². The maximum Gasteiger partial charge on any atom is 0.412 e. The average molecular weight is 478 g/mol. The molecule has 3 amide bonds. The van der Waals surface area contributed by atoms with Gasteiger partial charge in [0.2, 0.25) is 0 Å². The molecule has 3 rings (SSSR count). The van der Waals surface area contributed by atoms with Crippen molar-refractivity contribution in [1.29, 1.82) is 0 Å². The van der Waals surface area contributed by atoms with Crippen molar-refractivity contribution in [1.82, 2.24) is 0 Å². The number of hydrogen-bond donors (Lipinski definition) is 3. The molecule has 0 saturated carbocycles. The Hall–Kier alpha value is -4.53. The van der Waals surface area contributed by atoms with Crippen LogP contribution in [0, 0.1) is 0 Å². The summed E-state index contributed by atoms with van der Waals surface area (Å²) >= 11 is 0. The number of hydrogen-bond acceptors (Lipinski definition) is 6. The van der Waals surface area contributed by atoms with Gasteiger partial charge in [-0.15, -0.1) is 0 Å². The largest absolute Gasteiger partial charge is 0.449 e. The van der Waals surface area contributed by atoms with E-state index in [1.54, 1.807) is 72.8 Å². The van der Waals surface area contributed by atoms with E-state index in [1.165, 1.54) is 0 Å². The molecule has 0 heterocycles. The number of amides is 3. The summed E-state index contributed by atoms with van der Waals surface area (Å²) in [6.07, 6.45) is -2.01. The Morgan fingerprint density at radius 3 is 1.51 bits per heavy atom. The molecule has 3 aromatic carbocycles. The van der Waals surface area contributed by atoms with Crippen LogP contribution in [0.3, 0.4) is 0 Å². The second-order valence-electron chi connectivity index (χ2n) is 7.38. The maximum absolute atomic E-state index is 12.3. The van der Waals surface area contributed by atoms with Gasteiger partial charge < -0.3 is 14.2 Å². The fraction of sp³-hybridized carbons (Fsp3) is 0.192. The lowest BCUT2D eigenvalue weighted by Gasteiger charge is -2.18. The van der Waals surface area contributed by atoms with Gasteiger partial charge in [-0.1, -0.05) is 54.6 Å². The van der Waals surface area contributed by atoms with Crippen molar-refractivity contribution in [2.45, 2.75) is 18.9 Å². The van der Waals surface area contributed by atoms with Crippen LogP contribution in [-0.2, 0) is 14.2 Å². The molecular weight excluding hydrogens is 450 g/mol. The molecule has 0 saturated heterocycles. The molecular formula is C26H27N3O6. The second kappa shape index (κ2) is 13.9. The zero-order valence-corrected chi connectivity index (χ0v) is 19.0. The molecule has 9 heteroatoms.